The van der Waals surface area contributed by atoms with Gasteiger partial charge in [0, 0.05) is 30.7 Å². The fourth-order valence-corrected chi connectivity index (χ4v) is 4.56. The van der Waals surface area contributed by atoms with E-state index in [9.17, 15) is 14.4 Å². The Morgan fingerprint density at radius 1 is 1.11 bits per heavy atom. The maximum Gasteiger partial charge on any atom is 0.407 e. The van der Waals surface area contributed by atoms with E-state index in [1.807, 2.05) is 11.0 Å². The van der Waals surface area contributed by atoms with Crippen LogP contribution in [0.3, 0.4) is 0 Å². The van der Waals surface area contributed by atoms with Gasteiger partial charge in [-0.2, -0.15) is 10.4 Å². The second-order valence-corrected chi connectivity index (χ2v) is 9.02. The molecule has 2 heterocycles. The molecule has 11 nitrogen and oxygen atoms in total. The number of aromatic amines is 1. The summed E-state index contributed by atoms with van der Waals surface area (Å²) < 4.78 is 5.57. The number of H-pyrrole nitrogens is 1. The van der Waals surface area contributed by atoms with Crippen molar-refractivity contribution in [1.29, 1.82) is 5.26 Å². The van der Waals surface area contributed by atoms with Crippen LogP contribution in [0.2, 0.25) is 5.02 Å². The summed E-state index contributed by atoms with van der Waals surface area (Å²) in [5.74, 6) is 0. The number of ether oxygens (including phenoxy) is 1. The van der Waals surface area contributed by atoms with Gasteiger partial charge in [-0.3, -0.25) is 4.79 Å². The number of alkyl carbamates (subject to hydrolysis) is 1. The molecule has 1 aromatic carbocycles. The van der Waals surface area contributed by atoms with Crippen molar-refractivity contribution in [3.63, 3.8) is 0 Å². The molecule has 1 aliphatic heterocycles. The van der Waals surface area contributed by atoms with Crippen LogP contribution in [-0.4, -0.2) is 53.6 Å². The van der Waals surface area contributed by atoms with E-state index in [0.717, 1.165) is 25.7 Å². The highest BCUT2D eigenvalue weighted by atomic mass is 35.5. The third-order valence-corrected chi connectivity index (χ3v) is 6.56. The molecule has 35 heavy (non-hydrogen) atoms. The summed E-state index contributed by atoms with van der Waals surface area (Å²) in [4.78, 5) is 38.2. The molecule has 1 saturated carbocycles. The van der Waals surface area contributed by atoms with E-state index in [1.165, 1.54) is 6.20 Å². The number of aromatic nitrogens is 2. The standard InChI is InChI=1S/C23H26ClN7O4/c24-20-19(12-26-30-21(20)32)31-10-9-18(13-31)35-23(34)29-17-7-5-16(6-8-17)28-22(33)27-15-3-1-14(11-25)2-4-15/h1-4,12,16-18H,5-10,13H2,(H,29,34)(H,30,32)(H2,27,28,33)/t16?,17?,18-/m1/s1. The van der Waals surface area contributed by atoms with Crippen molar-refractivity contribution >= 4 is 35.1 Å². The molecule has 3 amide bonds. The Labute approximate surface area is 206 Å². The summed E-state index contributed by atoms with van der Waals surface area (Å²) >= 11 is 6.06. The van der Waals surface area contributed by atoms with Gasteiger partial charge in [0.1, 0.15) is 11.1 Å². The van der Waals surface area contributed by atoms with Crippen molar-refractivity contribution < 1.29 is 14.3 Å². The van der Waals surface area contributed by atoms with E-state index in [1.54, 1.807) is 24.3 Å². The summed E-state index contributed by atoms with van der Waals surface area (Å²) in [5, 5.41) is 23.6. The van der Waals surface area contributed by atoms with Gasteiger partial charge < -0.3 is 25.6 Å². The summed E-state index contributed by atoms with van der Waals surface area (Å²) in [6.45, 7) is 1.04. The number of nitriles is 1. The van der Waals surface area contributed by atoms with Gasteiger partial charge in [-0.1, -0.05) is 11.6 Å². The Morgan fingerprint density at radius 3 is 2.49 bits per heavy atom. The molecule has 0 unspecified atom stereocenters. The minimum Gasteiger partial charge on any atom is -0.444 e. The third-order valence-electron chi connectivity index (χ3n) is 6.19. The molecule has 4 N–H and O–H groups in total. The SMILES string of the molecule is N#Cc1ccc(NC(=O)NC2CCC(NC(=O)O[C@@H]3CCN(c4cn[nH]c(=O)c4Cl)C3)CC2)cc1. The number of urea groups is 1. The van der Waals surface area contributed by atoms with Gasteiger partial charge in [0.25, 0.3) is 5.56 Å². The molecule has 4 rings (SSSR count). The lowest BCUT2D eigenvalue weighted by molar-refractivity contribution is 0.102. The van der Waals surface area contributed by atoms with E-state index < -0.39 is 11.7 Å². The predicted octanol–water partition coefficient (Wildman–Crippen LogP) is 2.73. The van der Waals surface area contributed by atoms with Gasteiger partial charge in [0.05, 0.1) is 30.1 Å². The normalized spacial score (nSPS) is 21.6. The molecule has 1 atom stereocenters. The minimum atomic E-state index is -0.470. The molecule has 1 aromatic heterocycles. The molecule has 2 aromatic rings. The quantitative estimate of drug-likeness (QED) is 0.493. The van der Waals surface area contributed by atoms with E-state index in [0.29, 0.717) is 36.4 Å². The first-order chi connectivity index (χ1) is 16.9. The second kappa shape index (κ2) is 11.1. The topological polar surface area (TPSA) is 152 Å². The van der Waals surface area contributed by atoms with E-state index >= 15 is 0 Å². The van der Waals surface area contributed by atoms with Gasteiger partial charge >= 0.3 is 12.1 Å². The highest BCUT2D eigenvalue weighted by Gasteiger charge is 2.29. The van der Waals surface area contributed by atoms with Crippen molar-refractivity contribution in [3.05, 3.63) is 51.4 Å². The van der Waals surface area contributed by atoms with Crippen LogP contribution in [0.1, 0.15) is 37.7 Å². The fourth-order valence-electron chi connectivity index (χ4n) is 4.35. The average molecular weight is 500 g/mol. The first kappa shape index (κ1) is 24.3. The Hall–Kier alpha value is -3.78. The number of anilines is 2. The summed E-state index contributed by atoms with van der Waals surface area (Å²) in [5.41, 5.74) is 1.21. The highest BCUT2D eigenvalue weighted by molar-refractivity contribution is 6.33. The van der Waals surface area contributed by atoms with Crippen LogP contribution < -0.4 is 26.4 Å². The van der Waals surface area contributed by atoms with E-state index in [4.69, 9.17) is 21.6 Å². The minimum absolute atomic E-state index is 0.0122. The molecular weight excluding hydrogens is 474 g/mol. The number of amides is 3. The molecule has 2 aliphatic rings. The number of halogens is 1. The molecule has 1 aliphatic carbocycles. The van der Waals surface area contributed by atoms with Gasteiger partial charge in [-0.05, 0) is 49.9 Å². The zero-order valence-corrected chi connectivity index (χ0v) is 19.7. The summed E-state index contributed by atoms with van der Waals surface area (Å²) in [6, 6.07) is 8.37. The Morgan fingerprint density at radius 2 is 1.80 bits per heavy atom. The maximum absolute atomic E-state index is 12.4. The zero-order chi connectivity index (χ0) is 24.8. The molecule has 12 heteroatoms. The average Bonchev–Trinajstić information content (AvgIpc) is 3.30. The summed E-state index contributed by atoms with van der Waals surface area (Å²) in [7, 11) is 0. The third kappa shape index (κ3) is 6.42. The number of carbonyl (C=O) groups is 2. The lowest BCUT2D eigenvalue weighted by Gasteiger charge is -2.29. The molecule has 184 valence electrons. The van der Waals surface area contributed by atoms with Gasteiger partial charge in [-0.15, -0.1) is 0 Å². The van der Waals surface area contributed by atoms with E-state index in [-0.39, 0.29) is 29.2 Å². The first-order valence-electron chi connectivity index (χ1n) is 11.4. The first-order valence-corrected chi connectivity index (χ1v) is 11.8. The number of nitrogens with one attached hydrogen (secondary N) is 4. The van der Waals surface area contributed by atoms with E-state index in [2.05, 4.69) is 26.1 Å². The molecule has 0 bridgehead atoms. The zero-order valence-electron chi connectivity index (χ0n) is 18.9. The van der Waals surface area contributed by atoms with Gasteiger partial charge in [-0.25, -0.2) is 14.7 Å². The van der Waals surface area contributed by atoms with Gasteiger partial charge in [0.2, 0.25) is 0 Å². The highest BCUT2D eigenvalue weighted by Crippen LogP contribution is 2.26. The van der Waals surface area contributed by atoms with Crippen LogP contribution in [0.25, 0.3) is 0 Å². The maximum atomic E-state index is 12.4. The Bertz CT molecular complexity index is 1160. The van der Waals surface area contributed by atoms with Crippen molar-refractivity contribution in [2.24, 2.45) is 0 Å². The fraction of sp³-hybridized carbons (Fsp3) is 0.435. The molecular formula is C23H26ClN7O4. The summed E-state index contributed by atoms with van der Waals surface area (Å²) in [6.07, 6.45) is 4.25. The Kier molecular flexibility index (Phi) is 7.72. The predicted molar refractivity (Wildman–Crippen MR) is 129 cm³/mol. The van der Waals surface area contributed by atoms with Crippen molar-refractivity contribution in [3.8, 4) is 6.07 Å². The lowest BCUT2D eigenvalue weighted by atomic mass is 9.91. The van der Waals surface area contributed by atoms with Crippen molar-refractivity contribution in [2.45, 2.75) is 50.3 Å². The van der Waals surface area contributed by atoms with Crippen LogP contribution in [0.5, 0.6) is 0 Å². The number of carbonyl (C=O) groups excluding carboxylic acids is 2. The molecule has 2 fully saturated rings. The number of nitrogens with zero attached hydrogens (tertiary/aromatic N) is 3. The van der Waals surface area contributed by atoms with Crippen LogP contribution in [0.4, 0.5) is 21.0 Å². The van der Waals surface area contributed by atoms with Crippen molar-refractivity contribution in [2.75, 3.05) is 23.3 Å². The number of rotatable bonds is 5. The van der Waals surface area contributed by atoms with Crippen molar-refractivity contribution in [1.82, 2.24) is 20.8 Å². The van der Waals surface area contributed by atoms with Gasteiger partial charge in [0.15, 0.2) is 0 Å². The second-order valence-electron chi connectivity index (χ2n) is 8.64. The van der Waals surface area contributed by atoms with Crippen LogP contribution in [-0.2, 0) is 4.74 Å². The smallest absolute Gasteiger partial charge is 0.407 e. The van der Waals surface area contributed by atoms with Crippen LogP contribution in [0.15, 0.2) is 35.3 Å². The number of hydrogen-bond donors (Lipinski definition) is 4. The monoisotopic (exact) mass is 499 g/mol. The number of hydrogen-bond acceptors (Lipinski definition) is 7. The molecule has 1 saturated heterocycles. The van der Waals surface area contributed by atoms with Crippen LogP contribution >= 0.6 is 11.6 Å². The Balaban J connectivity index is 1.16. The number of benzene rings is 1. The largest absolute Gasteiger partial charge is 0.444 e. The van der Waals surface area contributed by atoms with Crippen LogP contribution in [0, 0.1) is 11.3 Å². The molecule has 0 spiro atoms. The lowest BCUT2D eigenvalue weighted by Crippen LogP contribution is -2.45. The molecule has 0 radical (unpaired) electrons.